The molecule has 0 spiro atoms. The highest BCUT2D eigenvalue weighted by atomic mass is 16.3. The van der Waals surface area contributed by atoms with Crippen LogP contribution in [-0.2, 0) is 6.54 Å². The highest BCUT2D eigenvalue weighted by Crippen LogP contribution is 2.23. The number of hydrogen-bond donors (Lipinski definition) is 1. The summed E-state index contributed by atoms with van der Waals surface area (Å²) in [5.74, 6) is 1.89. The number of nitrogens with one attached hydrogen (secondary N) is 1. The zero-order valence-corrected chi connectivity index (χ0v) is 8.47. The van der Waals surface area contributed by atoms with Crippen LogP contribution in [0.1, 0.15) is 18.8 Å². The summed E-state index contributed by atoms with van der Waals surface area (Å²) in [6.07, 6.45) is 3.35. The third kappa shape index (κ3) is 1.27. The Morgan fingerprint density at radius 1 is 1.53 bits per heavy atom. The molecule has 5 heteroatoms. The van der Waals surface area contributed by atoms with E-state index in [-0.39, 0.29) is 6.04 Å². The summed E-state index contributed by atoms with van der Waals surface area (Å²) in [7, 11) is 0. The van der Waals surface area contributed by atoms with Crippen LogP contribution in [0.25, 0.3) is 11.4 Å². The summed E-state index contributed by atoms with van der Waals surface area (Å²) >= 11 is 0. The smallest absolute Gasteiger partial charge is 0.167 e. The molecule has 0 amide bonds. The minimum Gasteiger partial charge on any atom is -0.472 e. The van der Waals surface area contributed by atoms with Gasteiger partial charge >= 0.3 is 0 Å². The van der Waals surface area contributed by atoms with E-state index in [4.69, 9.17) is 4.42 Å². The third-order valence-corrected chi connectivity index (χ3v) is 2.73. The second-order valence-electron chi connectivity index (χ2n) is 3.72. The minimum absolute atomic E-state index is 0.270. The van der Waals surface area contributed by atoms with Crippen molar-refractivity contribution in [1.82, 2.24) is 20.1 Å². The summed E-state index contributed by atoms with van der Waals surface area (Å²) in [5.41, 5.74) is 0.989. The summed E-state index contributed by atoms with van der Waals surface area (Å²) in [5, 5.41) is 11.8. The lowest BCUT2D eigenvalue weighted by Crippen LogP contribution is -2.32. The Morgan fingerprint density at radius 3 is 3.27 bits per heavy atom. The van der Waals surface area contributed by atoms with Crippen molar-refractivity contribution in [3.8, 4) is 11.4 Å². The van der Waals surface area contributed by atoms with Gasteiger partial charge in [-0.3, -0.25) is 0 Å². The van der Waals surface area contributed by atoms with E-state index in [2.05, 4.69) is 27.0 Å². The molecule has 0 saturated heterocycles. The van der Waals surface area contributed by atoms with Crippen LogP contribution in [0.2, 0.25) is 0 Å². The molecule has 1 aliphatic rings. The number of nitrogens with zero attached hydrogens (tertiary/aromatic N) is 3. The Morgan fingerprint density at radius 2 is 2.47 bits per heavy atom. The highest BCUT2D eigenvalue weighted by molar-refractivity contribution is 5.53. The molecule has 2 aromatic rings. The molecular formula is C10H12N4O. The van der Waals surface area contributed by atoms with Crippen LogP contribution in [-0.4, -0.2) is 21.3 Å². The molecule has 0 aromatic carbocycles. The standard InChI is InChI=1S/C10H12N4O/c1-7-9-12-13-10(8-2-5-15-6-8)14(9)4-3-11-7/h2,5-7,11H,3-4H2,1H3. The molecule has 2 aromatic heterocycles. The number of rotatable bonds is 1. The zero-order chi connectivity index (χ0) is 10.3. The van der Waals surface area contributed by atoms with Crippen molar-refractivity contribution in [3.63, 3.8) is 0 Å². The van der Waals surface area contributed by atoms with Gasteiger partial charge < -0.3 is 14.3 Å². The van der Waals surface area contributed by atoms with Gasteiger partial charge in [0, 0.05) is 13.1 Å². The van der Waals surface area contributed by atoms with E-state index in [1.165, 1.54) is 0 Å². The van der Waals surface area contributed by atoms with E-state index in [1.807, 2.05) is 6.07 Å². The van der Waals surface area contributed by atoms with Crippen molar-refractivity contribution in [1.29, 1.82) is 0 Å². The molecule has 78 valence electrons. The first kappa shape index (κ1) is 8.67. The lowest BCUT2D eigenvalue weighted by molar-refractivity contribution is 0.439. The molecule has 1 unspecified atom stereocenters. The van der Waals surface area contributed by atoms with E-state index in [0.29, 0.717) is 0 Å². The minimum atomic E-state index is 0.270. The lowest BCUT2D eigenvalue weighted by atomic mass is 10.2. The molecule has 1 aliphatic heterocycles. The van der Waals surface area contributed by atoms with Gasteiger partial charge in [-0.15, -0.1) is 10.2 Å². The molecule has 5 nitrogen and oxygen atoms in total. The number of hydrogen-bond acceptors (Lipinski definition) is 4. The van der Waals surface area contributed by atoms with Crippen LogP contribution in [0.4, 0.5) is 0 Å². The van der Waals surface area contributed by atoms with Gasteiger partial charge in [-0.25, -0.2) is 0 Å². The Balaban J connectivity index is 2.11. The number of aromatic nitrogens is 3. The van der Waals surface area contributed by atoms with E-state index in [9.17, 15) is 0 Å². The van der Waals surface area contributed by atoms with Crippen LogP contribution in [0.5, 0.6) is 0 Å². The molecule has 1 N–H and O–H groups in total. The molecular weight excluding hydrogens is 192 g/mol. The average molecular weight is 204 g/mol. The molecule has 0 saturated carbocycles. The van der Waals surface area contributed by atoms with Crippen molar-refractivity contribution >= 4 is 0 Å². The summed E-state index contributed by atoms with van der Waals surface area (Å²) < 4.78 is 7.20. The largest absolute Gasteiger partial charge is 0.472 e. The van der Waals surface area contributed by atoms with Gasteiger partial charge in [0.15, 0.2) is 5.82 Å². The zero-order valence-electron chi connectivity index (χ0n) is 8.47. The Kier molecular flexibility index (Phi) is 1.85. The predicted octanol–water partition coefficient (Wildman–Crippen LogP) is 1.20. The first-order valence-corrected chi connectivity index (χ1v) is 5.05. The Labute approximate surface area is 87.1 Å². The van der Waals surface area contributed by atoms with Crippen LogP contribution >= 0.6 is 0 Å². The predicted molar refractivity (Wildman–Crippen MR) is 54.1 cm³/mol. The van der Waals surface area contributed by atoms with Gasteiger partial charge in [0.1, 0.15) is 12.1 Å². The topological polar surface area (TPSA) is 55.9 Å². The van der Waals surface area contributed by atoms with Crippen molar-refractivity contribution in [2.75, 3.05) is 6.54 Å². The van der Waals surface area contributed by atoms with Crippen LogP contribution in [0.15, 0.2) is 23.0 Å². The fourth-order valence-corrected chi connectivity index (χ4v) is 1.95. The molecule has 0 bridgehead atoms. The quantitative estimate of drug-likeness (QED) is 0.758. The summed E-state index contributed by atoms with van der Waals surface area (Å²) in [6, 6.07) is 2.18. The maximum Gasteiger partial charge on any atom is 0.167 e. The van der Waals surface area contributed by atoms with Crippen molar-refractivity contribution < 1.29 is 4.42 Å². The maximum absolute atomic E-state index is 5.06. The first-order valence-electron chi connectivity index (χ1n) is 5.05. The second kappa shape index (κ2) is 3.20. The number of furan rings is 1. The van der Waals surface area contributed by atoms with Crippen LogP contribution in [0.3, 0.4) is 0 Å². The Hall–Kier alpha value is -1.62. The van der Waals surface area contributed by atoms with Crippen molar-refractivity contribution in [3.05, 3.63) is 24.4 Å². The molecule has 3 heterocycles. The van der Waals surface area contributed by atoms with E-state index in [1.54, 1.807) is 12.5 Å². The first-order chi connectivity index (χ1) is 7.36. The molecule has 3 rings (SSSR count). The van der Waals surface area contributed by atoms with Crippen LogP contribution in [0, 0.1) is 0 Å². The fraction of sp³-hybridized carbons (Fsp3) is 0.400. The van der Waals surface area contributed by atoms with Gasteiger partial charge in [-0.1, -0.05) is 0 Å². The van der Waals surface area contributed by atoms with E-state index in [0.717, 1.165) is 30.3 Å². The van der Waals surface area contributed by atoms with E-state index >= 15 is 0 Å². The number of fused-ring (bicyclic) bond motifs is 1. The molecule has 0 radical (unpaired) electrons. The SMILES string of the molecule is CC1NCCn2c(-c3ccoc3)nnc21. The average Bonchev–Trinajstić information content (AvgIpc) is 2.85. The van der Waals surface area contributed by atoms with Crippen molar-refractivity contribution in [2.45, 2.75) is 19.5 Å². The fourth-order valence-electron chi connectivity index (χ4n) is 1.95. The third-order valence-electron chi connectivity index (χ3n) is 2.73. The van der Waals surface area contributed by atoms with Gasteiger partial charge in [-0.2, -0.15) is 0 Å². The van der Waals surface area contributed by atoms with Gasteiger partial charge in [0.05, 0.1) is 17.9 Å². The molecule has 0 fully saturated rings. The molecule has 1 atom stereocenters. The van der Waals surface area contributed by atoms with Crippen LogP contribution < -0.4 is 5.32 Å². The van der Waals surface area contributed by atoms with E-state index < -0.39 is 0 Å². The molecule has 15 heavy (non-hydrogen) atoms. The van der Waals surface area contributed by atoms with Gasteiger partial charge in [0.2, 0.25) is 0 Å². The Bertz CT molecular complexity index is 460. The highest BCUT2D eigenvalue weighted by Gasteiger charge is 2.22. The summed E-state index contributed by atoms with van der Waals surface area (Å²) in [6.45, 7) is 3.96. The maximum atomic E-state index is 5.06. The summed E-state index contributed by atoms with van der Waals surface area (Å²) in [4.78, 5) is 0. The monoisotopic (exact) mass is 204 g/mol. The van der Waals surface area contributed by atoms with Gasteiger partial charge in [0.25, 0.3) is 0 Å². The lowest BCUT2D eigenvalue weighted by Gasteiger charge is -2.21. The second-order valence-corrected chi connectivity index (χ2v) is 3.72. The normalized spacial score (nSPS) is 20.2. The van der Waals surface area contributed by atoms with Gasteiger partial charge in [-0.05, 0) is 13.0 Å². The van der Waals surface area contributed by atoms with Crippen molar-refractivity contribution in [2.24, 2.45) is 0 Å². The molecule has 0 aliphatic carbocycles.